The lowest BCUT2D eigenvalue weighted by Crippen LogP contribution is -2.05. The SMILES string of the molecule is CCc1ncn(CCO)c1CC. The Morgan fingerprint density at radius 1 is 1.42 bits per heavy atom. The van der Waals surface area contributed by atoms with Crippen molar-refractivity contribution in [2.75, 3.05) is 6.61 Å². The van der Waals surface area contributed by atoms with Gasteiger partial charge in [-0.25, -0.2) is 4.98 Å². The maximum Gasteiger partial charge on any atom is 0.0952 e. The van der Waals surface area contributed by atoms with Crippen LogP contribution >= 0.6 is 0 Å². The predicted octanol–water partition coefficient (Wildman–Crippen LogP) is 1.00. The molecule has 1 heterocycles. The van der Waals surface area contributed by atoms with E-state index in [0.29, 0.717) is 6.54 Å². The second-order valence-electron chi connectivity index (χ2n) is 2.76. The summed E-state index contributed by atoms with van der Waals surface area (Å²) >= 11 is 0. The van der Waals surface area contributed by atoms with Gasteiger partial charge < -0.3 is 9.67 Å². The molecule has 3 heteroatoms. The first kappa shape index (κ1) is 9.26. The lowest BCUT2D eigenvalue weighted by Gasteiger charge is -2.04. The summed E-state index contributed by atoms with van der Waals surface area (Å²) in [7, 11) is 0. The quantitative estimate of drug-likeness (QED) is 0.728. The number of hydrogen-bond donors (Lipinski definition) is 1. The van der Waals surface area contributed by atoms with Crippen molar-refractivity contribution in [3.8, 4) is 0 Å². The molecule has 3 nitrogen and oxygen atoms in total. The fraction of sp³-hybridized carbons (Fsp3) is 0.667. The summed E-state index contributed by atoms with van der Waals surface area (Å²) in [4.78, 5) is 4.28. The fourth-order valence-corrected chi connectivity index (χ4v) is 1.45. The van der Waals surface area contributed by atoms with Crippen molar-refractivity contribution in [3.63, 3.8) is 0 Å². The first-order valence-corrected chi connectivity index (χ1v) is 4.47. The molecular weight excluding hydrogens is 152 g/mol. The highest BCUT2D eigenvalue weighted by atomic mass is 16.3. The number of nitrogens with zero attached hydrogens (tertiary/aromatic N) is 2. The molecule has 0 spiro atoms. The predicted molar refractivity (Wildman–Crippen MR) is 48.1 cm³/mol. The van der Waals surface area contributed by atoms with Crippen molar-refractivity contribution in [3.05, 3.63) is 17.7 Å². The summed E-state index contributed by atoms with van der Waals surface area (Å²) in [5.41, 5.74) is 2.41. The number of aryl methyl sites for hydroxylation is 1. The van der Waals surface area contributed by atoms with Crippen molar-refractivity contribution in [2.45, 2.75) is 33.2 Å². The van der Waals surface area contributed by atoms with Gasteiger partial charge in [0.25, 0.3) is 0 Å². The number of aliphatic hydroxyl groups excluding tert-OH is 1. The van der Waals surface area contributed by atoms with Crippen LogP contribution in [0.1, 0.15) is 25.2 Å². The van der Waals surface area contributed by atoms with Crippen molar-refractivity contribution in [1.82, 2.24) is 9.55 Å². The molecule has 1 aromatic heterocycles. The van der Waals surface area contributed by atoms with Crippen molar-refractivity contribution in [2.24, 2.45) is 0 Å². The van der Waals surface area contributed by atoms with Crippen LogP contribution in [-0.4, -0.2) is 21.3 Å². The third-order valence-electron chi connectivity index (χ3n) is 2.04. The Labute approximate surface area is 73.1 Å². The highest BCUT2D eigenvalue weighted by molar-refractivity contribution is 5.12. The Morgan fingerprint density at radius 3 is 2.67 bits per heavy atom. The molecule has 12 heavy (non-hydrogen) atoms. The molecule has 0 bridgehead atoms. The maximum atomic E-state index is 8.77. The molecule has 0 aliphatic rings. The number of rotatable bonds is 4. The van der Waals surface area contributed by atoms with E-state index in [1.165, 1.54) is 5.69 Å². The van der Waals surface area contributed by atoms with Gasteiger partial charge in [0.15, 0.2) is 0 Å². The molecule has 0 unspecified atom stereocenters. The van der Waals surface area contributed by atoms with Gasteiger partial charge in [-0.15, -0.1) is 0 Å². The number of hydrogen-bond acceptors (Lipinski definition) is 2. The molecular formula is C9H16N2O. The topological polar surface area (TPSA) is 38.0 Å². The second-order valence-corrected chi connectivity index (χ2v) is 2.76. The van der Waals surface area contributed by atoms with E-state index in [0.717, 1.165) is 18.5 Å². The zero-order chi connectivity index (χ0) is 8.97. The first-order valence-electron chi connectivity index (χ1n) is 4.47. The summed E-state index contributed by atoms with van der Waals surface area (Å²) in [6.07, 6.45) is 3.78. The third-order valence-corrected chi connectivity index (χ3v) is 2.04. The Kier molecular flexibility index (Phi) is 3.29. The summed E-state index contributed by atoms with van der Waals surface area (Å²) in [6.45, 7) is 5.07. The molecule has 0 saturated heterocycles. The van der Waals surface area contributed by atoms with Gasteiger partial charge in [0.05, 0.1) is 18.6 Å². The molecule has 0 radical (unpaired) electrons. The number of aliphatic hydroxyl groups is 1. The highest BCUT2D eigenvalue weighted by Gasteiger charge is 2.05. The Balaban J connectivity index is 2.88. The molecule has 1 rings (SSSR count). The van der Waals surface area contributed by atoms with E-state index in [4.69, 9.17) is 5.11 Å². The van der Waals surface area contributed by atoms with Crippen LogP contribution in [0.5, 0.6) is 0 Å². The average molecular weight is 168 g/mol. The van der Waals surface area contributed by atoms with Crippen LogP contribution in [-0.2, 0) is 19.4 Å². The van der Waals surface area contributed by atoms with Crippen molar-refractivity contribution >= 4 is 0 Å². The van der Waals surface area contributed by atoms with E-state index in [2.05, 4.69) is 18.8 Å². The molecule has 1 N–H and O–H groups in total. The standard InChI is InChI=1S/C9H16N2O/c1-3-8-9(4-2)11(5-6-12)7-10-8/h7,12H,3-6H2,1-2H3. The van der Waals surface area contributed by atoms with Crippen LogP contribution in [0.15, 0.2) is 6.33 Å². The highest BCUT2D eigenvalue weighted by Crippen LogP contribution is 2.08. The van der Waals surface area contributed by atoms with E-state index in [-0.39, 0.29) is 6.61 Å². The zero-order valence-electron chi connectivity index (χ0n) is 7.75. The number of imidazole rings is 1. The molecule has 0 aromatic carbocycles. The summed E-state index contributed by atoms with van der Waals surface area (Å²) in [6, 6.07) is 0. The van der Waals surface area contributed by atoms with E-state index in [9.17, 15) is 0 Å². The van der Waals surface area contributed by atoms with Crippen LogP contribution in [0.25, 0.3) is 0 Å². The Morgan fingerprint density at radius 2 is 2.17 bits per heavy atom. The van der Waals surface area contributed by atoms with Gasteiger partial charge in [0.2, 0.25) is 0 Å². The lowest BCUT2D eigenvalue weighted by molar-refractivity contribution is 0.274. The van der Waals surface area contributed by atoms with Crippen LogP contribution in [0, 0.1) is 0 Å². The molecule has 68 valence electrons. The van der Waals surface area contributed by atoms with Crippen molar-refractivity contribution in [1.29, 1.82) is 0 Å². The molecule has 0 aliphatic carbocycles. The van der Waals surface area contributed by atoms with Crippen LogP contribution in [0.4, 0.5) is 0 Å². The van der Waals surface area contributed by atoms with Crippen LogP contribution < -0.4 is 0 Å². The van der Waals surface area contributed by atoms with Gasteiger partial charge in [-0.05, 0) is 12.8 Å². The smallest absolute Gasteiger partial charge is 0.0952 e. The average Bonchev–Trinajstić information content (AvgIpc) is 2.47. The number of aromatic nitrogens is 2. The summed E-state index contributed by atoms with van der Waals surface area (Å²) in [5.74, 6) is 0. The van der Waals surface area contributed by atoms with E-state index in [1.54, 1.807) is 0 Å². The minimum atomic E-state index is 0.187. The van der Waals surface area contributed by atoms with Gasteiger partial charge in [-0.1, -0.05) is 13.8 Å². The summed E-state index contributed by atoms with van der Waals surface area (Å²) < 4.78 is 2.03. The third kappa shape index (κ3) is 1.67. The van der Waals surface area contributed by atoms with Gasteiger partial charge in [-0.3, -0.25) is 0 Å². The van der Waals surface area contributed by atoms with Crippen LogP contribution in [0.3, 0.4) is 0 Å². The van der Waals surface area contributed by atoms with Gasteiger partial charge in [-0.2, -0.15) is 0 Å². The van der Waals surface area contributed by atoms with E-state index in [1.807, 2.05) is 10.9 Å². The fourth-order valence-electron chi connectivity index (χ4n) is 1.45. The van der Waals surface area contributed by atoms with Gasteiger partial charge in [0, 0.05) is 12.2 Å². The Hall–Kier alpha value is -0.830. The second kappa shape index (κ2) is 4.26. The molecule has 0 aliphatic heterocycles. The zero-order valence-corrected chi connectivity index (χ0v) is 7.75. The minimum Gasteiger partial charge on any atom is -0.395 e. The molecule has 0 saturated carbocycles. The van der Waals surface area contributed by atoms with Gasteiger partial charge >= 0.3 is 0 Å². The molecule has 0 fully saturated rings. The van der Waals surface area contributed by atoms with Crippen LogP contribution in [0.2, 0.25) is 0 Å². The molecule has 1 aromatic rings. The van der Waals surface area contributed by atoms with Gasteiger partial charge in [0.1, 0.15) is 0 Å². The minimum absolute atomic E-state index is 0.187. The molecule has 0 atom stereocenters. The van der Waals surface area contributed by atoms with Crippen molar-refractivity contribution < 1.29 is 5.11 Å². The maximum absolute atomic E-state index is 8.77. The summed E-state index contributed by atoms with van der Waals surface area (Å²) in [5, 5.41) is 8.77. The monoisotopic (exact) mass is 168 g/mol. The first-order chi connectivity index (χ1) is 5.83. The largest absolute Gasteiger partial charge is 0.395 e. The van der Waals surface area contributed by atoms with E-state index >= 15 is 0 Å². The molecule has 0 amide bonds. The lowest BCUT2D eigenvalue weighted by atomic mass is 10.2. The normalized spacial score (nSPS) is 10.6. The van der Waals surface area contributed by atoms with E-state index < -0.39 is 0 Å². The Bertz CT molecular complexity index is 243.